The third-order valence-electron chi connectivity index (χ3n) is 2.37. The van der Waals surface area contributed by atoms with E-state index in [1.165, 1.54) is 11.5 Å². The van der Waals surface area contributed by atoms with Crippen LogP contribution in [0.3, 0.4) is 0 Å². The van der Waals surface area contributed by atoms with Gasteiger partial charge in [0.05, 0.1) is 11.9 Å². The molecule has 0 aromatic carbocycles. The normalized spacial score (nSPS) is 26.8. The minimum atomic E-state index is 0.220. The van der Waals surface area contributed by atoms with Gasteiger partial charge in [0.25, 0.3) is 0 Å². The molecule has 2 rings (SSSR count). The first kappa shape index (κ1) is 11.3. The Hall–Kier alpha value is -0.170. The summed E-state index contributed by atoms with van der Waals surface area (Å²) in [6, 6.07) is 0.220. The first-order chi connectivity index (χ1) is 7.29. The van der Waals surface area contributed by atoms with Gasteiger partial charge < -0.3 is 10.5 Å². The van der Waals surface area contributed by atoms with Crippen molar-refractivity contribution in [3.8, 4) is 0 Å². The van der Waals surface area contributed by atoms with Gasteiger partial charge in [-0.2, -0.15) is 4.37 Å². The second kappa shape index (κ2) is 5.25. The van der Waals surface area contributed by atoms with Crippen LogP contribution in [0.1, 0.15) is 19.2 Å². The predicted molar refractivity (Wildman–Crippen MR) is 62.3 cm³/mol. The van der Waals surface area contributed by atoms with Gasteiger partial charge in [0.2, 0.25) is 0 Å². The van der Waals surface area contributed by atoms with Gasteiger partial charge in [0, 0.05) is 19.1 Å². The summed E-state index contributed by atoms with van der Waals surface area (Å²) < 4.78 is 10.7. The van der Waals surface area contributed by atoms with Crippen molar-refractivity contribution < 1.29 is 4.74 Å². The molecule has 84 valence electrons. The van der Waals surface area contributed by atoms with Crippen LogP contribution in [-0.2, 0) is 11.2 Å². The molecule has 1 saturated heterocycles. The number of hydrogen-bond donors (Lipinski definition) is 1. The Bertz CT molecular complexity index is 318. The van der Waals surface area contributed by atoms with Gasteiger partial charge in [-0.15, -0.1) is 0 Å². The highest BCUT2D eigenvalue weighted by Gasteiger charge is 2.24. The van der Waals surface area contributed by atoms with Crippen molar-refractivity contribution >= 4 is 23.3 Å². The zero-order chi connectivity index (χ0) is 10.7. The fourth-order valence-electron chi connectivity index (χ4n) is 1.41. The van der Waals surface area contributed by atoms with Gasteiger partial charge >= 0.3 is 0 Å². The lowest BCUT2D eigenvalue weighted by Crippen LogP contribution is -2.40. The molecule has 2 N–H and O–H groups in total. The molecule has 0 aliphatic carbocycles. The Morgan fingerprint density at radius 2 is 2.53 bits per heavy atom. The molecule has 1 aromatic heterocycles. The van der Waals surface area contributed by atoms with Gasteiger partial charge in [-0.1, -0.05) is 18.7 Å². The second-order valence-corrected chi connectivity index (χ2v) is 5.75. The maximum absolute atomic E-state index is 6.02. The number of nitrogens with zero attached hydrogens (tertiary/aromatic N) is 2. The first-order valence-electron chi connectivity index (χ1n) is 5.12. The lowest BCUT2D eigenvalue weighted by atomic mass is 10.1. The Labute approximate surface area is 97.8 Å². The Morgan fingerprint density at radius 3 is 3.20 bits per heavy atom. The van der Waals surface area contributed by atoms with Crippen LogP contribution in [0.25, 0.3) is 0 Å². The van der Waals surface area contributed by atoms with Gasteiger partial charge in [-0.05, 0) is 18.0 Å². The number of thioether (sulfide) groups is 1. The van der Waals surface area contributed by atoms with Crippen molar-refractivity contribution in [2.24, 2.45) is 5.73 Å². The predicted octanol–water partition coefficient (Wildman–Crippen LogP) is 1.31. The maximum atomic E-state index is 6.02. The number of rotatable bonds is 3. The molecule has 0 radical (unpaired) electrons. The summed E-state index contributed by atoms with van der Waals surface area (Å²) in [7, 11) is 0. The van der Waals surface area contributed by atoms with E-state index in [0.29, 0.717) is 5.25 Å². The van der Waals surface area contributed by atoms with Gasteiger partial charge in [0.15, 0.2) is 4.34 Å². The number of aromatic nitrogens is 2. The average molecular weight is 245 g/mol. The van der Waals surface area contributed by atoms with E-state index in [0.717, 1.165) is 36.2 Å². The summed E-state index contributed by atoms with van der Waals surface area (Å²) in [4.78, 5) is 4.42. The summed E-state index contributed by atoms with van der Waals surface area (Å²) in [6.45, 7) is 3.58. The van der Waals surface area contributed by atoms with Crippen LogP contribution >= 0.6 is 23.3 Å². The average Bonchev–Trinajstić information content (AvgIpc) is 2.69. The third kappa shape index (κ3) is 2.90. The highest BCUT2D eigenvalue weighted by molar-refractivity contribution is 8.01. The van der Waals surface area contributed by atoms with Crippen LogP contribution in [0.5, 0.6) is 0 Å². The summed E-state index contributed by atoms with van der Waals surface area (Å²) in [5, 5.41) is 0.330. The number of aryl methyl sites for hydroxylation is 1. The van der Waals surface area contributed by atoms with Crippen molar-refractivity contribution in [2.75, 3.05) is 13.2 Å². The van der Waals surface area contributed by atoms with Gasteiger partial charge in [-0.25, -0.2) is 4.98 Å². The summed E-state index contributed by atoms with van der Waals surface area (Å²) in [5.74, 6) is 0.924. The van der Waals surface area contributed by atoms with Crippen LogP contribution < -0.4 is 5.73 Å². The number of hydrogen-bond acceptors (Lipinski definition) is 6. The Balaban J connectivity index is 1.95. The summed E-state index contributed by atoms with van der Waals surface area (Å²) in [5.41, 5.74) is 6.02. The summed E-state index contributed by atoms with van der Waals surface area (Å²) >= 11 is 3.16. The Morgan fingerprint density at radius 1 is 1.67 bits per heavy atom. The number of ether oxygens (including phenoxy) is 1. The topological polar surface area (TPSA) is 61.0 Å². The van der Waals surface area contributed by atoms with E-state index >= 15 is 0 Å². The van der Waals surface area contributed by atoms with Crippen LogP contribution in [0, 0.1) is 0 Å². The van der Waals surface area contributed by atoms with Crippen LogP contribution in [0.4, 0.5) is 0 Å². The van der Waals surface area contributed by atoms with Crippen LogP contribution in [-0.4, -0.2) is 33.9 Å². The molecule has 0 spiro atoms. The fourth-order valence-corrected chi connectivity index (χ4v) is 3.46. The zero-order valence-electron chi connectivity index (χ0n) is 8.68. The standard InChI is InChI=1S/C9H15N3OS2/c1-2-8-11-9(15-12-8)14-7-5-13-4-3-6(7)10/h6-7H,2-5,10H2,1H3. The minimum Gasteiger partial charge on any atom is -0.380 e. The monoisotopic (exact) mass is 245 g/mol. The van der Waals surface area contributed by atoms with E-state index in [2.05, 4.69) is 16.3 Å². The van der Waals surface area contributed by atoms with Crippen molar-refractivity contribution in [1.82, 2.24) is 9.36 Å². The molecule has 2 heterocycles. The molecule has 2 unspecified atom stereocenters. The molecule has 0 amide bonds. The van der Waals surface area contributed by atoms with E-state index < -0.39 is 0 Å². The lowest BCUT2D eigenvalue weighted by Gasteiger charge is -2.26. The molecule has 6 heteroatoms. The van der Waals surface area contributed by atoms with Gasteiger partial charge in [-0.3, -0.25) is 0 Å². The number of nitrogens with two attached hydrogens (primary N) is 1. The molecule has 2 atom stereocenters. The second-order valence-electron chi connectivity index (χ2n) is 3.51. The quantitative estimate of drug-likeness (QED) is 0.870. The highest BCUT2D eigenvalue weighted by atomic mass is 32.2. The van der Waals surface area contributed by atoms with E-state index in [4.69, 9.17) is 10.5 Å². The SMILES string of the molecule is CCc1nsc(SC2COCCC2N)n1. The van der Waals surface area contributed by atoms with Crippen molar-refractivity contribution in [3.63, 3.8) is 0 Å². The highest BCUT2D eigenvalue weighted by Crippen LogP contribution is 2.29. The molecular formula is C9H15N3OS2. The molecule has 1 aliphatic rings. The molecule has 1 aromatic rings. The Kier molecular flexibility index (Phi) is 3.96. The smallest absolute Gasteiger partial charge is 0.170 e. The maximum Gasteiger partial charge on any atom is 0.170 e. The van der Waals surface area contributed by atoms with Crippen molar-refractivity contribution in [1.29, 1.82) is 0 Å². The molecule has 1 aliphatic heterocycles. The first-order valence-corrected chi connectivity index (χ1v) is 6.77. The zero-order valence-corrected chi connectivity index (χ0v) is 10.3. The van der Waals surface area contributed by atoms with E-state index in [9.17, 15) is 0 Å². The van der Waals surface area contributed by atoms with Crippen LogP contribution in [0.15, 0.2) is 4.34 Å². The van der Waals surface area contributed by atoms with E-state index in [1.54, 1.807) is 11.8 Å². The molecule has 4 nitrogen and oxygen atoms in total. The summed E-state index contributed by atoms with van der Waals surface area (Å²) in [6.07, 6.45) is 1.83. The van der Waals surface area contributed by atoms with E-state index in [1.807, 2.05) is 0 Å². The molecule has 0 saturated carbocycles. The molecular weight excluding hydrogens is 230 g/mol. The van der Waals surface area contributed by atoms with Gasteiger partial charge in [0.1, 0.15) is 5.82 Å². The minimum absolute atomic E-state index is 0.220. The molecule has 15 heavy (non-hydrogen) atoms. The van der Waals surface area contributed by atoms with E-state index in [-0.39, 0.29) is 6.04 Å². The third-order valence-corrected chi connectivity index (χ3v) is 4.52. The largest absolute Gasteiger partial charge is 0.380 e. The van der Waals surface area contributed by atoms with Crippen molar-refractivity contribution in [3.05, 3.63) is 5.82 Å². The molecule has 1 fully saturated rings. The van der Waals surface area contributed by atoms with Crippen LogP contribution in [0.2, 0.25) is 0 Å². The molecule has 0 bridgehead atoms. The van der Waals surface area contributed by atoms with Crippen molar-refractivity contribution in [2.45, 2.75) is 35.4 Å². The lowest BCUT2D eigenvalue weighted by molar-refractivity contribution is 0.0916. The fraction of sp³-hybridized carbons (Fsp3) is 0.778.